The fraction of sp³-hybridized carbons (Fsp3) is 0.412. The Morgan fingerprint density at radius 3 is 2.42 bits per heavy atom. The second-order valence-electron chi connectivity index (χ2n) is 5.12. The van der Waals surface area contributed by atoms with Crippen LogP contribution in [0.5, 0.6) is 0 Å². The average molecular weight is 273 g/mol. The average Bonchev–Trinajstić information content (AvgIpc) is 2.88. The molecule has 0 saturated carbocycles. The molecule has 1 heterocycles. The molecular formula is C17H23NS. The van der Waals surface area contributed by atoms with Crippen LogP contribution in [0.2, 0.25) is 0 Å². The minimum Gasteiger partial charge on any atom is -0.303 e. The fourth-order valence-electron chi connectivity index (χ4n) is 2.44. The molecule has 1 nitrogen and oxygen atoms in total. The molecule has 0 spiro atoms. The largest absolute Gasteiger partial charge is 0.303 e. The van der Waals surface area contributed by atoms with Crippen LogP contribution in [0, 0.1) is 6.92 Å². The van der Waals surface area contributed by atoms with Gasteiger partial charge in [-0.15, -0.1) is 11.3 Å². The molecule has 19 heavy (non-hydrogen) atoms. The smallest absolute Gasteiger partial charge is 0.0391 e. The van der Waals surface area contributed by atoms with Gasteiger partial charge in [-0.05, 0) is 50.5 Å². The quantitative estimate of drug-likeness (QED) is 0.805. The van der Waals surface area contributed by atoms with E-state index < -0.39 is 0 Å². The van der Waals surface area contributed by atoms with E-state index in [2.05, 4.69) is 69.4 Å². The molecule has 2 unspecified atom stereocenters. The third kappa shape index (κ3) is 3.46. The Balaban J connectivity index is 2.06. The number of thiophene rings is 1. The molecule has 0 saturated heterocycles. The van der Waals surface area contributed by atoms with Crippen LogP contribution < -0.4 is 5.32 Å². The Kier molecular flexibility index (Phi) is 4.78. The number of hydrogen-bond acceptors (Lipinski definition) is 2. The van der Waals surface area contributed by atoms with Gasteiger partial charge in [0.1, 0.15) is 0 Å². The molecule has 0 aliphatic heterocycles. The molecule has 102 valence electrons. The van der Waals surface area contributed by atoms with E-state index in [4.69, 9.17) is 0 Å². The summed E-state index contributed by atoms with van der Waals surface area (Å²) in [5, 5.41) is 3.70. The summed E-state index contributed by atoms with van der Waals surface area (Å²) in [5.74, 6) is 0. The highest BCUT2D eigenvalue weighted by Gasteiger charge is 2.13. The minimum atomic E-state index is 0.378. The second-order valence-corrected chi connectivity index (χ2v) is 6.32. The van der Waals surface area contributed by atoms with Gasteiger partial charge >= 0.3 is 0 Å². The van der Waals surface area contributed by atoms with Crippen molar-refractivity contribution in [2.75, 3.05) is 0 Å². The lowest BCUT2D eigenvalue weighted by Gasteiger charge is -2.21. The molecule has 0 aliphatic rings. The molecule has 2 rings (SSSR count). The summed E-state index contributed by atoms with van der Waals surface area (Å²) >= 11 is 1.92. The minimum absolute atomic E-state index is 0.378. The third-order valence-electron chi connectivity index (χ3n) is 3.61. The zero-order valence-electron chi connectivity index (χ0n) is 12.2. The van der Waals surface area contributed by atoms with Gasteiger partial charge in [-0.1, -0.05) is 31.2 Å². The predicted octanol–water partition coefficient (Wildman–Crippen LogP) is 5.03. The van der Waals surface area contributed by atoms with Gasteiger partial charge in [0.05, 0.1) is 0 Å². The molecular weight excluding hydrogens is 250 g/mol. The number of benzene rings is 1. The Morgan fingerprint density at radius 2 is 1.79 bits per heavy atom. The van der Waals surface area contributed by atoms with Crippen molar-refractivity contribution in [2.24, 2.45) is 0 Å². The standard InChI is InChI=1S/C17H23NS/c1-5-15-10-11-17(19-15)14(4)18-13(3)16-9-7-6-8-12(16)2/h6-11,13-14,18H,5H2,1-4H3. The fourth-order valence-corrected chi connectivity index (χ4v) is 3.40. The molecule has 0 bridgehead atoms. The summed E-state index contributed by atoms with van der Waals surface area (Å²) in [4.78, 5) is 2.89. The summed E-state index contributed by atoms with van der Waals surface area (Å²) < 4.78 is 0. The van der Waals surface area contributed by atoms with Crippen molar-refractivity contribution in [1.29, 1.82) is 0 Å². The molecule has 0 aliphatic carbocycles. The zero-order chi connectivity index (χ0) is 13.8. The number of rotatable bonds is 5. The van der Waals surface area contributed by atoms with E-state index in [9.17, 15) is 0 Å². The molecule has 2 aromatic rings. The predicted molar refractivity (Wildman–Crippen MR) is 84.8 cm³/mol. The highest BCUT2D eigenvalue weighted by Crippen LogP contribution is 2.26. The normalized spacial score (nSPS) is 14.3. The van der Waals surface area contributed by atoms with Crippen LogP contribution in [-0.2, 0) is 6.42 Å². The summed E-state index contributed by atoms with van der Waals surface area (Å²) in [7, 11) is 0. The number of nitrogens with one attached hydrogen (secondary N) is 1. The van der Waals surface area contributed by atoms with Gasteiger partial charge in [-0.3, -0.25) is 0 Å². The van der Waals surface area contributed by atoms with Crippen LogP contribution >= 0.6 is 11.3 Å². The number of aryl methyl sites for hydroxylation is 2. The van der Waals surface area contributed by atoms with Gasteiger partial charge < -0.3 is 5.32 Å². The summed E-state index contributed by atoms with van der Waals surface area (Å²) in [6, 6.07) is 13.9. The maximum Gasteiger partial charge on any atom is 0.0391 e. The first-order chi connectivity index (χ1) is 9.11. The van der Waals surface area contributed by atoms with E-state index in [1.54, 1.807) is 0 Å². The van der Waals surface area contributed by atoms with Gasteiger partial charge in [0.25, 0.3) is 0 Å². The SMILES string of the molecule is CCc1ccc(C(C)NC(C)c2ccccc2C)s1. The van der Waals surface area contributed by atoms with E-state index >= 15 is 0 Å². The van der Waals surface area contributed by atoms with Gasteiger partial charge in [0.2, 0.25) is 0 Å². The van der Waals surface area contributed by atoms with Crippen LogP contribution in [0.1, 0.15) is 53.7 Å². The van der Waals surface area contributed by atoms with Crippen molar-refractivity contribution in [1.82, 2.24) is 5.32 Å². The Labute approximate surface area is 120 Å². The van der Waals surface area contributed by atoms with Crippen LogP contribution in [0.4, 0.5) is 0 Å². The summed E-state index contributed by atoms with van der Waals surface area (Å²) in [6.45, 7) is 8.88. The van der Waals surface area contributed by atoms with Gasteiger partial charge in [0, 0.05) is 21.8 Å². The lowest BCUT2D eigenvalue weighted by Crippen LogP contribution is -2.22. The van der Waals surface area contributed by atoms with E-state index in [0.717, 1.165) is 6.42 Å². The van der Waals surface area contributed by atoms with E-state index in [1.807, 2.05) is 11.3 Å². The summed E-state index contributed by atoms with van der Waals surface area (Å²) in [6.07, 6.45) is 1.13. The Bertz CT molecular complexity index is 530. The van der Waals surface area contributed by atoms with Crippen LogP contribution in [0.3, 0.4) is 0 Å². The lowest BCUT2D eigenvalue weighted by atomic mass is 10.0. The first-order valence-corrected chi connectivity index (χ1v) is 7.83. The van der Waals surface area contributed by atoms with Crippen molar-refractivity contribution in [3.8, 4) is 0 Å². The van der Waals surface area contributed by atoms with Crippen LogP contribution in [0.25, 0.3) is 0 Å². The highest BCUT2D eigenvalue weighted by molar-refractivity contribution is 7.12. The van der Waals surface area contributed by atoms with Crippen molar-refractivity contribution >= 4 is 11.3 Å². The molecule has 2 atom stereocenters. The molecule has 0 radical (unpaired) electrons. The van der Waals surface area contributed by atoms with Crippen molar-refractivity contribution in [3.63, 3.8) is 0 Å². The highest BCUT2D eigenvalue weighted by atomic mass is 32.1. The van der Waals surface area contributed by atoms with E-state index in [0.29, 0.717) is 12.1 Å². The van der Waals surface area contributed by atoms with Crippen molar-refractivity contribution in [3.05, 3.63) is 57.3 Å². The molecule has 2 heteroatoms. The Morgan fingerprint density at radius 1 is 1.05 bits per heavy atom. The molecule has 0 amide bonds. The first kappa shape index (κ1) is 14.3. The molecule has 1 N–H and O–H groups in total. The second kappa shape index (κ2) is 6.36. The maximum atomic E-state index is 3.70. The maximum absolute atomic E-state index is 3.70. The van der Waals surface area contributed by atoms with E-state index in [-0.39, 0.29) is 0 Å². The van der Waals surface area contributed by atoms with Crippen molar-refractivity contribution < 1.29 is 0 Å². The van der Waals surface area contributed by atoms with Gasteiger partial charge in [-0.25, -0.2) is 0 Å². The first-order valence-electron chi connectivity index (χ1n) is 7.02. The molecule has 0 fully saturated rings. The van der Waals surface area contributed by atoms with Crippen molar-refractivity contribution in [2.45, 2.75) is 46.2 Å². The topological polar surface area (TPSA) is 12.0 Å². The molecule has 1 aromatic carbocycles. The lowest BCUT2D eigenvalue weighted by molar-refractivity contribution is 0.498. The molecule has 1 aromatic heterocycles. The summed E-state index contributed by atoms with van der Waals surface area (Å²) in [5.41, 5.74) is 2.75. The van der Waals surface area contributed by atoms with Gasteiger partial charge in [0.15, 0.2) is 0 Å². The van der Waals surface area contributed by atoms with Crippen LogP contribution in [0.15, 0.2) is 36.4 Å². The zero-order valence-corrected chi connectivity index (χ0v) is 13.1. The van der Waals surface area contributed by atoms with E-state index in [1.165, 1.54) is 20.9 Å². The Hall–Kier alpha value is -1.12. The van der Waals surface area contributed by atoms with Gasteiger partial charge in [-0.2, -0.15) is 0 Å². The number of hydrogen-bond donors (Lipinski definition) is 1. The monoisotopic (exact) mass is 273 g/mol. The van der Waals surface area contributed by atoms with Crippen LogP contribution in [-0.4, -0.2) is 0 Å². The third-order valence-corrected chi connectivity index (χ3v) is 5.02.